The molecule has 0 saturated carbocycles. The van der Waals surface area contributed by atoms with E-state index in [0.717, 1.165) is 24.0 Å². The van der Waals surface area contributed by atoms with Gasteiger partial charge >= 0.3 is 6.18 Å². The first-order valence-corrected chi connectivity index (χ1v) is 6.89. The normalized spacial score (nSPS) is 13.9. The Morgan fingerprint density at radius 3 is 2.30 bits per heavy atom. The Labute approximate surface area is 120 Å². The average Bonchev–Trinajstić information content (AvgIpc) is 2.26. The fourth-order valence-electron chi connectivity index (χ4n) is 1.32. The van der Waals surface area contributed by atoms with Crippen molar-refractivity contribution in [2.24, 2.45) is 0 Å². The Bertz CT molecular complexity index is 466. The molecule has 1 aromatic rings. The molecule has 7 heteroatoms. The van der Waals surface area contributed by atoms with E-state index in [2.05, 4.69) is 10.3 Å². The van der Waals surface area contributed by atoms with E-state index in [0.29, 0.717) is 5.03 Å². The van der Waals surface area contributed by atoms with Crippen molar-refractivity contribution >= 4 is 17.7 Å². The lowest BCUT2D eigenvalue weighted by molar-refractivity contribution is -0.137. The summed E-state index contributed by atoms with van der Waals surface area (Å²) in [5, 5.41) is 2.76. The predicted octanol–water partition coefficient (Wildman–Crippen LogP) is 3.50. The number of carbonyl (C=O) groups is 1. The number of hydrogen-bond donors (Lipinski definition) is 1. The summed E-state index contributed by atoms with van der Waals surface area (Å²) in [6.45, 7) is 7.26. The van der Waals surface area contributed by atoms with Crippen LogP contribution in [-0.4, -0.2) is 21.7 Å². The maximum atomic E-state index is 12.4. The average molecular weight is 306 g/mol. The number of carbonyl (C=O) groups excluding carboxylic acids is 1. The summed E-state index contributed by atoms with van der Waals surface area (Å²) in [6, 6.07) is 2.23. The molecule has 0 aliphatic carbocycles. The third-order valence-electron chi connectivity index (χ3n) is 2.23. The molecule has 0 bridgehead atoms. The fraction of sp³-hybridized carbons (Fsp3) is 0.538. The molecule has 3 nitrogen and oxygen atoms in total. The van der Waals surface area contributed by atoms with Gasteiger partial charge in [0, 0.05) is 11.7 Å². The van der Waals surface area contributed by atoms with Gasteiger partial charge in [-0.25, -0.2) is 4.98 Å². The van der Waals surface area contributed by atoms with Gasteiger partial charge in [0.1, 0.15) is 0 Å². The second-order valence-corrected chi connectivity index (χ2v) is 6.74. The first-order chi connectivity index (χ1) is 8.99. The largest absolute Gasteiger partial charge is 0.417 e. The van der Waals surface area contributed by atoms with Crippen molar-refractivity contribution in [2.45, 2.75) is 49.7 Å². The lowest BCUT2D eigenvalue weighted by Gasteiger charge is -2.22. The molecule has 0 fully saturated rings. The number of alkyl halides is 3. The van der Waals surface area contributed by atoms with Crippen LogP contribution in [0.3, 0.4) is 0 Å². The number of rotatable bonds is 3. The highest BCUT2D eigenvalue weighted by Gasteiger charge is 2.30. The Morgan fingerprint density at radius 2 is 1.90 bits per heavy atom. The molecule has 1 heterocycles. The summed E-state index contributed by atoms with van der Waals surface area (Å²) in [4.78, 5) is 15.6. The second-order valence-electron chi connectivity index (χ2n) is 5.38. The molecule has 1 rings (SSSR count). The van der Waals surface area contributed by atoms with Gasteiger partial charge in [-0.1, -0.05) is 11.8 Å². The molecule has 0 spiro atoms. The fourth-order valence-corrected chi connectivity index (χ4v) is 2.11. The number of nitrogens with zero attached hydrogens (tertiary/aromatic N) is 1. The van der Waals surface area contributed by atoms with Crippen LogP contribution in [-0.2, 0) is 11.0 Å². The van der Waals surface area contributed by atoms with Gasteiger partial charge in [0.15, 0.2) is 0 Å². The monoisotopic (exact) mass is 306 g/mol. The summed E-state index contributed by atoms with van der Waals surface area (Å²) < 4.78 is 37.2. The quantitative estimate of drug-likeness (QED) is 0.869. The lowest BCUT2D eigenvalue weighted by Crippen LogP contribution is -2.44. The molecule has 1 N–H and O–H groups in total. The van der Waals surface area contributed by atoms with E-state index in [4.69, 9.17) is 0 Å². The van der Waals surface area contributed by atoms with Crippen LogP contribution in [0, 0.1) is 0 Å². The summed E-state index contributed by atoms with van der Waals surface area (Å²) in [6.07, 6.45) is -3.62. The number of aromatic nitrogens is 1. The number of hydrogen-bond acceptors (Lipinski definition) is 3. The smallest absolute Gasteiger partial charge is 0.351 e. The summed E-state index contributed by atoms with van der Waals surface area (Å²) >= 11 is 1.12. The zero-order valence-electron chi connectivity index (χ0n) is 11.7. The van der Waals surface area contributed by atoms with Crippen LogP contribution in [0.2, 0.25) is 0 Å². The van der Waals surface area contributed by atoms with E-state index in [-0.39, 0.29) is 11.4 Å². The number of amides is 1. The number of thioether (sulfide) groups is 1. The van der Waals surface area contributed by atoms with Crippen molar-refractivity contribution in [1.29, 1.82) is 0 Å². The zero-order chi connectivity index (χ0) is 15.6. The van der Waals surface area contributed by atoms with E-state index in [1.54, 1.807) is 6.92 Å². The van der Waals surface area contributed by atoms with Crippen molar-refractivity contribution in [2.75, 3.05) is 0 Å². The molecule has 0 radical (unpaired) electrons. The molecular weight excluding hydrogens is 289 g/mol. The standard InChI is InChI=1S/C13H17F3N2OS/c1-8(11(19)18-12(2,3)4)20-10-6-5-9(7-17-10)13(14,15)16/h5-8H,1-4H3,(H,18,19). The molecule has 1 aromatic heterocycles. The van der Waals surface area contributed by atoms with E-state index in [1.165, 1.54) is 6.07 Å². The molecule has 1 unspecified atom stereocenters. The molecule has 112 valence electrons. The molecule has 1 amide bonds. The van der Waals surface area contributed by atoms with Gasteiger partial charge in [0.25, 0.3) is 0 Å². The summed E-state index contributed by atoms with van der Waals surface area (Å²) in [5.41, 5.74) is -1.15. The van der Waals surface area contributed by atoms with Crippen LogP contribution in [0.1, 0.15) is 33.3 Å². The second kappa shape index (κ2) is 6.03. The first-order valence-electron chi connectivity index (χ1n) is 6.01. The van der Waals surface area contributed by atoms with Gasteiger partial charge in [-0.15, -0.1) is 0 Å². The minimum Gasteiger partial charge on any atom is -0.351 e. The maximum absolute atomic E-state index is 12.4. The molecule has 1 atom stereocenters. The van der Waals surface area contributed by atoms with Crippen LogP contribution < -0.4 is 5.32 Å². The lowest BCUT2D eigenvalue weighted by atomic mass is 10.1. The van der Waals surface area contributed by atoms with E-state index in [9.17, 15) is 18.0 Å². The van der Waals surface area contributed by atoms with Crippen molar-refractivity contribution < 1.29 is 18.0 Å². The van der Waals surface area contributed by atoms with Crippen LogP contribution >= 0.6 is 11.8 Å². The summed E-state index contributed by atoms with van der Waals surface area (Å²) in [7, 11) is 0. The first kappa shape index (κ1) is 16.8. The van der Waals surface area contributed by atoms with Crippen molar-refractivity contribution in [1.82, 2.24) is 10.3 Å². The van der Waals surface area contributed by atoms with Crippen LogP contribution in [0.5, 0.6) is 0 Å². The minimum atomic E-state index is -4.40. The van der Waals surface area contributed by atoms with E-state index >= 15 is 0 Å². The van der Waals surface area contributed by atoms with Crippen molar-refractivity contribution in [3.8, 4) is 0 Å². The van der Waals surface area contributed by atoms with E-state index in [1.807, 2.05) is 20.8 Å². The highest BCUT2D eigenvalue weighted by Crippen LogP contribution is 2.30. The third kappa shape index (κ3) is 5.40. The van der Waals surface area contributed by atoms with Crippen molar-refractivity contribution in [3.63, 3.8) is 0 Å². The Hall–Kier alpha value is -1.24. The van der Waals surface area contributed by atoms with Gasteiger partial charge < -0.3 is 5.32 Å². The van der Waals surface area contributed by atoms with Crippen LogP contribution in [0.4, 0.5) is 13.2 Å². The third-order valence-corrected chi connectivity index (χ3v) is 3.28. The SMILES string of the molecule is CC(Sc1ccc(C(F)(F)F)cn1)C(=O)NC(C)(C)C. The molecule has 0 aliphatic rings. The maximum Gasteiger partial charge on any atom is 0.417 e. The molecular formula is C13H17F3N2OS. The predicted molar refractivity (Wildman–Crippen MR) is 72.5 cm³/mol. The Kier molecular flexibility index (Phi) is 5.07. The van der Waals surface area contributed by atoms with Gasteiger partial charge in [-0.05, 0) is 39.8 Å². The Morgan fingerprint density at radius 1 is 1.30 bits per heavy atom. The molecule has 20 heavy (non-hydrogen) atoms. The molecule has 0 aliphatic heterocycles. The van der Waals surface area contributed by atoms with Gasteiger partial charge in [-0.2, -0.15) is 13.2 Å². The number of halogens is 3. The topological polar surface area (TPSA) is 42.0 Å². The van der Waals surface area contributed by atoms with Crippen LogP contribution in [0.25, 0.3) is 0 Å². The molecule has 0 aromatic carbocycles. The van der Waals surface area contributed by atoms with Gasteiger partial charge in [0.2, 0.25) is 5.91 Å². The van der Waals surface area contributed by atoms with Gasteiger partial charge in [-0.3, -0.25) is 4.79 Å². The number of pyridine rings is 1. The zero-order valence-corrected chi connectivity index (χ0v) is 12.5. The van der Waals surface area contributed by atoms with Gasteiger partial charge in [0.05, 0.1) is 15.8 Å². The van der Waals surface area contributed by atoms with Crippen molar-refractivity contribution in [3.05, 3.63) is 23.9 Å². The molecule has 0 saturated heterocycles. The highest BCUT2D eigenvalue weighted by molar-refractivity contribution is 8.00. The Balaban J connectivity index is 2.67. The highest BCUT2D eigenvalue weighted by atomic mass is 32.2. The summed E-state index contributed by atoms with van der Waals surface area (Å²) in [5.74, 6) is -0.177. The number of nitrogens with one attached hydrogen (secondary N) is 1. The van der Waals surface area contributed by atoms with E-state index < -0.39 is 17.0 Å². The minimum absolute atomic E-state index is 0.177. The van der Waals surface area contributed by atoms with Crippen LogP contribution in [0.15, 0.2) is 23.4 Å².